The van der Waals surface area contributed by atoms with E-state index >= 15 is 0 Å². The summed E-state index contributed by atoms with van der Waals surface area (Å²) in [5.41, 5.74) is 1.77. The van der Waals surface area contributed by atoms with Gasteiger partial charge in [-0.05, 0) is 33.2 Å². The molecule has 0 saturated carbocycles. The Hall–Kier alpha value is -2.54. The number of nitrogens with one attached hydrogen (secondary N) is 2. The molecular formula is C17H23N5O2. The average molecular weight is 329 g/mol. The van der Waals surface area contributed by atoms with Gasteiger partial charge in [-0.15, -0.1) is 0 Å². The number of aromatic nitrogens is 2. The molecule has 0 radical (unpaired) electrons. The van der Waals surface area contributed by atoms with Crippen molar-refractivity contribution in [3.8, 4) is 11.5 Å². The molecule has 7 heteroatoms. The van der Waals surface area contributed by atoms with Gasteiger partial charge in [-0.2, -0.15) is 4.98 Å². The molecule has 2 N–H and O–H groups in total. The van der Waals surface area contributed by atoms with Crippen LogP contribution in [0.25, 0.3) is 0 Å². The van der Waals surface area contributed by atoms with Gasteiger partial charge in [0.15, 0.2) is 11.5 Å². The van der Waals surface area contributed by atoms with Crippen molar-refractivity contribution in [3.63, 3.8) is 0 Å². The Balaban J connectivity index is 1.71. The van der Waals surface area contributed by atoms with Crippen molar-refractivity contribution in [1.29, 1.82) is 0 Å². The number of aryl methyl sites for hydroxylation is 1. The minimum atomic E-state index is 0.555. The van der Waals surface area contributed by atoms with Crippen LogP contribution in [-0.2, 0) is 0 Å². The quantitative estimate of drug-likeness (QED) is 0.842. The molecule has 1 aromatic heterocycles. The minimum absolute atomic E-state index is 0.555. The maximum absolute atomic E-state index is 5.60. The average Bonchev–Trinajstić information content (AvgIpc) is 2.54. The van der Waals surface area contributed by atoms with Crippen LogP contribution in [0.15, 0.2) is 24.3 Å². The first kappa shape index (κ1) is 16.3. The molecular weight excluding hydrogens is 306 g/mol. The summed E-state index contributed by atoms with van der Waals surface area (Å²) < 4.78 is 11.1. The molecule has 0 bridgehead atoms. The van der Waals surface area contributed by atoms with Gasteiger partial charge in [-0.25, -0.2) is 4.98 Å². The largest absolute Gasteiger partial charge is 0.486 e. The highest BCUT2D eigenvalue weighted by Gasteiger charge is 2.12. The number of benzene rings is 1. The van der Waals surface area contributed by atoms with Crippen molar-refractivity contribution in [2.45, 2.75) is 6.92 Å². The van der Waals surface area contributed by atoms with E-state index in [0.717, 1.165) is 41.8 Å². The summed E-state index contributed by atoms with van der Waals surface area (Å²) in [7, 11) is 4.09. The van der Waals surface area contributed by atoms with Crippen LogP contribution in [0.1, 0.15) is 5.69 Å². The third kappa shape index (κ3) is 4.26. The van der Waals surface area contributed by atoms with Crippen LogP contribution in [-0.4, -0.2) is 55.3 Å². The lowest BCUT2D eigenvalue weighted by molar-refractivity contribution is 0.171. The summed E-state index contributed by atoms with van der Waals surface area (Å²) in [6, 6.07) is 7.66. The van der Waals surface area contributed by atoms with Gasteiger partial charge in [0, 0.05) is 36.6 Å². The highest BCUT2D eigenvalue weighted by Crippen LogP contribution is 2.33. The number of fused-ring (bicyclic) bond motifs is 1. The lowest BCUT2D eigenvalue weighted by Gasteiger charge is -2.19. The van der Waals surface area contributed by atoms with Crippen molar-refractivity contribution in [1.82, 2.24) is 14.9 Å². The van der Waals surface area contributed by atoms with Gasteiger partial charge in [0.25, 0.3) is 0 Å². The molecule has 1 aromatic carbocycles. The van der Waals surface area contributed by atoms with E-state index < -0.39 is 0 Å². The van der Waals surface area contributed by atoms with E-state index in [9.17, 15) is 0 Å². The standard InChI is InChI=1S/C17H23N5O2/c1-12-10-16(18-6-7-22(2)3)21-17(19-12)20-13-4-5-14-15(11-13)24-9-8-23-14/h4-5,10-11H,6-9H2,1-3H3,(H2,18,19,20,21). The first-order valence-corrected chi connectivity index (χ1v) is 8.01. The number of hydrogen-bond acceptors (Lipinski definition) is 7. The molecule has 7 nitrogen and oxygen atoms in total. The zero-order valence-corrected chi connectivity index (χ0v) is 14.3. The van der Waals surface area contributed by atoms with Gasteiger partial charge < -0.3 is 25.0 Å². The zero-order chi connectivity index (χ0) is 16.9. The molecule has 0 spiro atoms. The summed E-state index contributed by atoms with van der Waals surface area (Å²) in [4.78, 5) is 11.1. The van der Waals surface area contributed by atoms with Crippen LogP contribution < -0.4 is 20.1 Å². The molecule has 0 aliphatic carbocycles. The lowest BCUT2D eigenvalue weighted by atomic mass is 10.2. The molecule has 2 heterocycles. The maximum atomic E-state index is 5.60. The predicted molar refractivity (Wildman–Crippen MR) is 94.5 cm³/mol. The van der Waals surface area contributed by atoms with E-state index in [1.807, 2.05) is 45.3 Å². The summed E-state index contributed by atoms with van der Waals surface area (Å²) in [5, 5.41) is 6.54. The SMILES string of the molecule is Cc1cc(NCCN(C)C)nc(Nc2ccc3c(c2)OCCO3)n1. The molecule has 0 amide bonds. The Morgan fingerprint density at radius 2 is 1.88 bits per heavy atom. The molecule has 0 fully saturated rings. The monoisotopic (exact) mass is 329 g/mol. The van der Waals surface area contributed by atoms with Crippen LogP contribution in [0.2, 0.25) is 0 Å². The number of rotatable bonds is 6. The van der Waals surface area contributed by atoms with E-state index in [0.29, 0.717) is 19.2 Å². The third-order valence-electron chi connectivity index (χ3n) is 3.52. The molecule has 3 rings (SSSR count). The van der Waals surface area contributed by atoms with Crippen LogP contribution in [0.5, 0.6) is 11.5 Å². The Morgan fingerprint density at radius 1 is 1.08 bits per heavy atom. The third-order valence-corrected chi connectivity index (χ3v) is 3.52. The van der Waals surface area contributed by atoms with Gasteiger partial charge in [0.1, 0.15) is 19.0 Å². The second-order valence-corrected chi connectivity index (χ2v) is 5.93. The maximum Gasteiger partial charge on any atom is 0.229 e. The predicted octanol–water partition coefficient (Wildman–Crippen LogP) is 2.27. The molecule has 1 aliphatic rings. The Bertz CT molecular complexity index is 705. The second kappa shape index (κ2) is 7.35. The smallest absolute Gasteiger partial charge is 0.229 e. The Kier molecular flexibility index (Phi) is 5.00. The Labute approximate surface area is 142 Å². The molecule has 0 unspecified atom stereocenters. The molecule has 128 valence electrons. The first-order chi connectivity index (χ1) is 11.6. The summed E-state index contributed by atoms with van der Waals surface area (Å²) in [6.07, 6.45) is 0. The minimum Gasteiger partial charge on any atom is -0.486 e. The molecule has 0 atom stereocenters. The van der Waals surface area contributed by atoms with Gasteiger partial charge in [-0.1, -0.05) is 0 Å². The number of nitrogens with zero attached hydrogens (tertiary/aromatic N) is 3. The van der Waals surface area contributed by atoms with E-state index in [1.165, 1.54) is 0 Å². The van der Waals surface area contributed by atoms with Crippen LogP contribution in [0, 0.1) is 6.92 Å². The normalized spacial score (nSPS) is 13.0. The van der Waals surface area contributed by atoms with Crippen molar-refractivity contribution >= 4 is 17.5 Å². The van der Waals surface area contributed by atoms with Gasteiger partial charge in [0.2, 0.25) is 5.95 Å². The number of ether oxygens (including phenoxy) is 2. The number of likely N-dealkylation sites (N-methyl/N-ethyl adjacent to an activating group) is 1. The van der Waals surface area contributed by atoms with E-state index in [1.54, 1.807) is 0 Å². The zero-order valence-electron chi connectivity index (χ0n) is 14.3. The number of hydrogen-bond donors (Lipinski definition) is 2. The van der Waals surface area contributed by atoms with E-state index in [2.05, 4.69) is 25.5 Å². The summed E-state index contributed by atoms with van der Waals surface area (Å²) in [6.45, 7) is 4.87. The first-order valence-electron chi connectivity index (χ1n) is 8.01. The number of anilines is 3. The Morgan fingerprint density at radius 3 is 2.67 bits per heavy atom. The van der Waals surface area contributed by atoms with Crippen molar-refractivity contribution in [2.75, 3.05) is 51.0 Å². The van der Waals surface area contributed by atoms with Crippen LogP contribution >= 0.6 is 0 Å². The van der Waals surface area contributed by atoms with Gasteiger partial charge >= 0.3 is 0 Å². The molecule has 24 heavy (non-hydrogen) atoms. The van der Waals surface area contributed by atoms with Gasteiger partial charge in [-0.3, -0.25) is 0 Å². The van der Waals surface area contributed by atoms with E-state index in [4.69, 9.17) is 9.47 Å². The van der Waals surface area contributed by atoms with Crippen LogP contribution in [0.4, 0.5) is 17.5 Å². The van der Waals surface area contributed by atoms with Gasteiger partial charge in [0.05, 0.1) is 0 Å². The summed E-state index contributed by atoms with van der Waals surface area (Å²) >= 11 is 0. The fraction of sp³-hybridized carbons (Fsp3) is 0.412. The highest BCUT2D eigenvalue weighted by molar-refractivity contribution is 5.61. The van der Waals surface area contributed by atoms with Crippen LogP contribution in [0.3, 0.4) is 0 Å². The molecule has 2 aromatic rings. The topological polar surface area (TPSA) is 71.5 Å². The molecule has 0 saturated heterocycles. The second-order valence-electron chi connectivity index (χ2n) is 5.93. The fourth-order valence-corrected chi connectivity index (χ4v) is 2.37. The van der Waals surface area contributed by atoms with Crippen molar-refractivity contribution < 1.29 is 9.47 Å². The summed E-state index contributed by atoms with van der Waals surface area (Å²) in [5.74, 6) is 2.87. The van der Waals surface area contributed by atoms with Crippen molar-refractivity contribution in [2.24, 2.45) is 0 Å². The fourth-order valence-electron chi connectivity index (χ4n) is 2.37. The lowest BCUT2D eigenvalue weighted by Crippen LogP contribution is -2.21. The highest BCUT2D eigenvalue weighted by atomic mass is 16.6. The van der Waals surface area contributed by atoms with E-state index in [-0.39, 0.29) is 0 Å². The molecule has 1 aliphatic heterocycles. The van der Waals surface area contributed by atoms with Crippen molar-refractivity contribution in [3.05, 3.63) is 30.0 Å².